The summed E-state index contributed by atoms with van der Waals surface area (Å²) in [5.41, 5.74) is 7.20. The molecule has 0 radical (unpaired) electrons. The summed E-state index contributed by atoms with van der Waals surface area (Å²) in [5, 5.41) is 11.8. The first kappa shape index (κ1) is 27.5. The van der Waals surface area contributed by atoms with E-state index in [9.17, 15) is 4.79 Å². The van der Waals surface area contributed by atoms with E-state index in [1.807, 2.05) is 72.8 Å². The second kappa shape index (κ2) is 13.9. The molecule has 196 valence electrons. The third kappa shape index (κ3) is 7.74. The van der Waals surface area contributed by atoms with Crippen LogP contribution in [-0.4, -0.2) is 47.2 Å². The fraction of sp³-hybridized carbons (Fsp3) is 0.179. The lowest BCUT2D eigenvalue weighted by Gasteiger charge is -2.22. The van der Waals surface area contributed by atoms with Crippen LogP contribution in [-0.2, 0) is 6.61 Å². The number of carbonyl (C=O) groups is 1. The molecule has 0 atom stereocenters. The Hall–Kier alpha value is -3.52. The maximum atomic E-state index is 12.5. The number of hydrogen-bond donors (Lipinski definition) is 2. The molecule has 0 saturated carbocycles. The molecule has 1 heterocycles. The largest absolute Gasteiger partial charge is 0.489 e. The topological polar surface area (TPSA) is 82.6 Å². The van der Waals surface area contributed by atoms with Gasteiger partial charge in [0.15, 0.2) is 0 Å². The molecule has 3 aromatic carbocycles. The molecule has 38 heavy (non-hydrogen) atoms. The van der Waals surface area contributed by atoms with E-state index >= 15 is 0 Å². The fourth-order valence-corrected chi connectivity index (χ4v) is 4.16. The zero-order valence-corrected chi connectivity index (χ0v) is 22.7. The number of alkyl halides is 2. The van der Waals surface area contributed by atoms with Crippen molar-refractivity contribution in [2.75, 3.05) is 29.7 Å². The minimum Gasteiger partial charge on any atom is -0.489 e. The van der Waals surface area contributed by atoms with Crippen molar-refractivity contribution in [1.29, 1.82) is 0 Å². The molecular formula is C28H26Cl3N5O2. The molecule has 0 fully saturated rings. The molecule has 0 spiro atoms. The van der Waals surface area contributed by atoms with E-state index in [-0.39, 0.29) is 0 Å². The van der Waals surface area contributed by atoms with Gasteiger partial charge in [0, 0.05) is 41.1 Å². The highest BCUT2D eigenvalue weighted by Gasteiger charge is 2.11. The number of amides is 1. The number of rotatable bonds is 12. The van der Waals surface area contributed by atoms with Crippen molar-refractivity contribution in [3.63, 3.8) is 0 Å². The van der Waals surface area contributed by atoms with E-state index in [1.54, 1.807) is 12.3 Å². The minimum absolute atomic E-state index is 0.299. The Balaban J connectivity index is 1.29. The fourth-order valence-electron chi connectivity index (χ4n) is 3.63. The molecular weight excluding hydrogens is 545 g/mol. The first-order valence-corrected chi connectivity index (χ1v) is 13.3. The van der Waals surface area contributed by atoms with E-state index in [4.69, 9.17) is 39.5 Å². The number of carbonyl (C=O) groups excluding carboxylic acids is 1. The normalized spacial score (nSPS) is 11.0. The summed E-state index contributed by atoms with van der Waals surface area (Å²) in [6, 6.07) is 24.5. The average Bonchev–Trinajstić information content (AvgIpc) is 3.44. The first-order valence-electron chi connectivity index (χ1n) is 11.9. The second-order valence-corrected chi connectivity index (χ2v) is 9.45. The predicted molar refractivity (Wildman–Crippen MR) is 155 cm³/mol. The van der Waals surface area contributed by atoms with Crippen LogP contribution in [0, 0.1) is 0 Å². The van der Waals surface area contributed by atoms with Crippen LogP contribution in [0.2, 0.25) is 5.02 Å². The number of nitrogens with one attached hydrogen (secondary N) is 2. The van der Waals surface area contributed by atoms with Gasteiger partial charge in [-0.05, 0) is 65.7 Å². The van der Waals surface area contributed by atoms with E-state index in [1.165, 1.54) is 0 Å². The van der Waals surface area contributed by atoms with Crippen molar-refractivity contribution in [2.45, 2.75) is 6.61 Å². The highest BCUT2D eigenvalue weighted by atomic mass is 35.5. The quantitative estimate of drug-likeness (QED) is 0.118. The van der Waals surface area contributed by atoms with E-state index in [0.29, 0.717) is 47.9 Å². The maximum absolute atomic E-state index is 12.5. The van der Waals surface area contributed by atoms with Crippen LogP contribution >= 0.6 is 34.8 Å². The van der Waals surface area contributed by atoms with Gasteiger partial charge in [0.25, 0.3) is 5.91 Å². The van der Waals surface area contributed by atoms with Crippen LogP contribution in [0.4, 0.5) is 5.69 Å². The summed E-state index contributed by atoms with van der Waals surface area (Å²) >= 11 is 17.7. The Kier molecular flexibility index (Phi) is 10.0. The first-order chi connectivity index (χ1) is 18.6. The van der Waals surface area contributed by atoms with Gasteiger partial charge in [0.05, 0.1) is 11.9 Å². The Bertz CT molecular complexity index is 1330. The summed E-state index contributed by atoms with van der Waals surface area (Å²) < 4.78 is 5.82. The van der Waals surface area contributed by atoms with Gasteiger partial charge in [-0.25, -0.2) is 5.43 Å². The summed E-state index contributed by atoms with van der Waals surface area (Å²) in [7, 11) is 0. The Morgan fingerprint density at radius 3 is 2.32 bits per heavy atom. The number of ether oxygens (including phenoxy) is 1. The van der Waals surface area contributed by atoms with Crippen LogP contribution in [0.1, 0.15) is 21.6 Å². The van der Waals surface area contributed by atoms with Crippen molar-refractivity contribution in [1.82, 2.24) is 15.6 Å². The minimum atomic E-state index is -0.394. The van der Waals surface area contributed by atoms with Crippen LogP contribution in [0.3, 0.4) is 0 Å². The van der Waals surface area contributed by atoms with Crippen molar-refractivity contribution in [3.8, 4) is 17.0 Å². The molecule has 1 aromatic heterocycles. The van der Waals surface area contributed by atoms with E-state index < -0.39 is 5.91 Å². The molecule has 0 bridgehead atoms. The summed E-state index contributed by atoms with van der Waals surface area (Å²) in [5.74, 6) is 1.37. The second-order valence-electron chi connectivity index (χ2n) is 8.26. The Labute approximate surface area is 236 Å². The number of aromatic nitrogens is 2. The van der Waals surface area contributed by atoms with Gasteiger partial charge < -0.3 is 9.64 Å². The highest BCUT2D eigenvalue weighted by Crippen LogP contribution is 2.22. The SMILES string of the molecule is O=C(N/N=C/c1ccc(N(CCCl)CCCl)cc1)c1cc(-c2ccc(OCc3ccc(Cl)cc3)cc2)n[nH]1. The number of hydrogen-bond acceptors (Lipinski definition) is 5. The number of halogens is 3. The Morgan fingerprint density at radius 1 is 0.974 bits per heavy atom. The lowest BCUT2D eigenvalue weighted by molar-refractivity contribution is 0.0950. The van der Waals surface area contributed by atoms with E-state index in [0.717, 1.165) is 28.1 Å². The molecule has 2 N–H and O–H groups in total. The molecule has 0 aliphatic heterocycles. The molecule has 7 nitrogen and oxygen atoms in total. The third-order valence-corrected chi connectivity index (χ3v) is 6.23. The van der Waals surface area contributed by atoms with Gasteiger partial charge in [-0.1, -0.05) is 35.9 Å². The van der Waals surface area contributed by atoms with Crippen LogP contribution in [0.15, 0.2) is 84.0 Å². The van der Waals surface area contributed by atoms with Crippen molar-refractivity contribution in [3.05, 3.63) is 101 Å². The van der Waals surface area contributed by atoms with Crippen molar-refractivity contribution >= 4 is 52.6 Å². The van der Waals surface area contributed by atoms with Gasteiger partial charge in [-0.2, -0.15) is 10.2 Å². The standard InChI is InChI=1S/C28H26Cl3N5O2/c29-13-15-36(16-14-30)24-9-3-20(4-10-24)18-32-35-28(37)27-17-26(33-34-27)22-5-11-25(12-6-22)38-19-21-1-7-23(31)8-2-21/h1-12,17-18H,13-16,19H2,(H,33,34)(H,35,37)/b32-18+. The van der Waals surface area contributed by atoms with Crippen LogP contribution in [0.25, 0.3) is 11.3 Å². The number of benzene rings is 3. The van der Waals surface area contributed by atoms with Crippen LogP contribution < -0.4 is 15.1 Å². The molecule has 4 aromatic rings. The molecule has 4 rings (SSSR count). The molecule has 0 aliphatic carbocycles. The number of hydrazone groups is 1. The highest BCUT2D eigenvalue weighted by molar-refractivity contribution is 6.30. The average molecular weight is 571 g/mol. The number of H-pyrrole nitrogens is 1. The van der Waals surface area contributed by atoms with Crippen molar-refractivity contribution in [2.24, 2.45) is 5.10 Å². The Morgan fingerprint density at radius 2 is 1.66 bits per heavy atom. The molecule has 10 heteroatoms. The molecule has 0 unspecified atom stereocenters. The lowest BCUT2D eigenvalue weighted by atomic mass is 10.1. The number of anilines is 1. The lowest BCUT2D eigenvalue weighted by Crippen LogP contribution is -2.27. The summed E-state index contributed by atoms with van der Waals surface area (Å²) in [4.78, 5) is 14.6. The smallest absolute Gasteiger partial charge is 0.289 e. The molecule has 1 amide bonds. The predicted octanol–water partition coefficient (Wildman–Crippen LogP) is 6.36. The summed E-state index contributed by atoms with van der Waals surface area (Å²) in [6.45, 7) is 1.87. The van der Waals surface area contributed by atoms with Gasteiger partial charge in [0.2, 0.25) is 0 Å². The third-order valence-electron chi connectivity index (χ3n) is 5.64. The van der Waals surface area contributed by atoms with Gasteiger partial charge in [-0.3, -0.25) is 9.89 Å². The van der Waals surface area contributed by atoms with E-state index in [2.05, 4.69) is 25.6 Å². The van der Waals surface area contributed by atoms with Gasteiger partial charge in [0.1, 0.15) is 18.1 Å². The zero-order chi connectivity index (χ0) is 26.7. The number of aromatic amines is 1. The van der Waals surface area contributed by atoms with Crippen molar-refractivity contribution < 1.29 is 9.53 Å². The van der Waals surface area contributed by atoms with Crippen LogP contribution in [0.5, 0.6) is 5.75 Å². The van der Waals surface area contributed by atoms with Gasteiger partial charge >= 0.3 is 0 Å². The maximum Gasteiger partial charge on any atom is 0.289 e. The summed E-state index contributed by atoms with van der Waals surface area (Å²) in [6.07, 6.45) is 1.58. The monoisotopic (exact) mass is 569 g/mol. The molecule has 0 saturated heterocycles. The number of nitrogens with zero attached hydrogens (tertiary/aromatic N) is 3. The molecule has 0 aliphatic rings. The zero-order valence-electron chi connectivity index (χ0n) is 20.4. The van der Waals surface area contributed by atoms with Gasteiger partial charge in [-0.15, -0.1) is 23.2 Å².